The third-order valence-corrected chi connectivity index (χ3v) is 4.95. The molecule has 25 heavy (non-hydrogen) atoms. The number of carbonyl (C=O) groups excluding carboxylic acids is 1. The van der Waals surface area contributed by atoms with Gasteiger partial charge in [-0.15, -0.1) is 11.3 Å². The van der Waals surface area contributed by atoms with Crippen LogP contribution in [0.25, 0.3) is 0 Å². The van der Waals surface area contributed by atoms with Crippen LogP contribution in [0.2, 0.25) is 0 Å². The molecule has 3 aromatic rings. The molecule has 0 aliphatic carbocycles. The van der Waals surface area contributed by atoms with Gasteiger partial charge in [-0.25, -0.2) is 4.99 Å². The van der Waals surface area contributed by atoms with E-state index in [1.54, 1.807) is 11.3 Å². The van der Waals surface area contributed by atoms with Crippen molar-refractivity contribution in [2.24, 2.45) is 12.0 Å². The van der Waals surface area contributed by atoms with Crippen molar-refractivity contribution < 1.29 is 4.79 Å². The predicted molar refractivity (Wildman–Crippen MR) is 103 cm³/mol. The number of hydrogen-bond acceptors (Lipinski definition) is 3. The van der Waals surface area contributed by atoms with E-state index in [2.05, 4.69) is 29.4 Å². The van der Waals surface area contributed by atoms with E-state index in [1.807, 2.05) is 59.5 Å². The summed E-state index contributed by atoms with van der Waals surface area (Å²) in [7, 11) is 1.95. The number of amides is 1. The number of aromatic nitrogens is 1. The van der Waals surface area contributed by atoms with Gasteiger partial charge in [-0.05, 0) is 36.2 Å². The molecule has 5 heteroatoms. The fourth-order valence-corrected chi connectivity index (χ4v) is 3.39. The lowest BCUT2D eigenvalue weighted by molar-refractivity contribution is -0.115. The van der Waals surface area contributed by atoms with Crippen molar-refractivity contribution in [3.8, 4) is 0 Å². The van der Waals surface area contributed by atoms with Gasteiger partial charge in [0.1, 0.15) is 0 Å². The molecule has 4 nitrogen and oxygen atoms in total. The zero-order valence-electron chi connectivity index (χ0n) is 14.4. The van der Waals surface area contributed by atoms with Crippen LogP contribution in [0.4, 0.5) is 11.4 Å². The standard InChI is InChI=1S/C20H21N3OS/c1-3-15-9-11-17(12-10-15)22-20-23(2)18(14-25-20)13-19(24)21-16-7-5-4-6-8-16/h4-12,14H,3,13H2,1-2H3,(H,21,24). The third kappa shape index (κ3) is 4.45. The van der Waals surface area contributed by atoms with Crippen molar-refractivity contribution in [3.05, 3.63) is 76.0 Å². The molecular weight excluding hydrogens is 330 g/mol. The van der Waals surface area contributed by atoms with Crippen molar-refractivity contribution in [3.63, 3.8) is 0 Å². The van der Waals surface area contributed by atoms with Crippen LogP contribution in [0.5, 0.6) is 0 Å². The molecule has 1 heterocycles. The second-order valence-electron chi connectivity index (χ2n) is 5.79. The van der Waals surface area contributed by atoms with Crippen molar-refractivity contribution in [2.75, 3.05) is 5.32 Å². The van der Waals surface area contributed by atoms with Gasteiger partial charge in [0.25, 0.3) is 0 Å². The molecule has 0 saturated heterocycles. The van der Waals surface area contributed by atoms with Gasteiger partial charge in [0, 0.05) is 23.8 Å². The van der Waals surface area contributed by atoms with Crippen LogP contribution in [0.1, 0.15) is 18.2 Å². The third-order valence-electron chi connectivity index (χ3n) is 3.99. The van der Waals surface area contributed by atoms with E-state index in [0.717, 1.165) is 28.3 Å². The molecule has 0 aliphatic heterocycles. The van der Waals surface area contributed by atoms with Gasteiger partial charge in [0.15, 0.2) is 4.80 Å². The average molecular weight is 351 g/mol. The van der Waals surface area contributed by atoms with E-state index in [4.69, 9.17) is 0 Å². The van der Waals surface area contributed by atoms with Gasteiger partial charge in [-0.3, -0.25) is 4.79 Å². The molecule has 0 saturated carbocycles. The molecule has 0 spiro atoms. The molecule has 0 aliphatic rings. The Kier molecular flexibility index (Phi) is 5.46. The van der Waals surface area contributed by atoms with Crippen LogP contribution in [-0.4, -0.2) is 10.5 Å². The van der Waals surface area contributed by atoms with E-state index in [-0.39, 0.29) is 5.91 Å². The molecule has 1 aromatic heterocycles. The maximum Gasteiger partial charge on any atom is 0.230 e. The molecule has 1 N–H and O–H groups in total. The topological polar surface area (TPSA) is 46.4 Å². The van der Waals surface area contributed by atoms with E-state index < -0.39 is 0 Å². The molecule has 2 aromatic carbocycles. The maximum absolute atomic E-state index is 12.2. The Morgan fingerprint density at radius 3 is 2.52 bits per heavy atom. The first kappa shape index (κ1) is 17.2. The SMILES string of the molecule is CCc1ccc(N=c2scc(CC(=O)Nc3ccccc3)n2C)cc1. The van der Waals surface area contributed by atoms with Gasteiger partial charge < -0.3 is 9.88 Å². The first-order valence-electron chi connectivity index (χ1n) is 8.27. The smallest absolute Gasteiger partial charge is 0.230 e. The van der Waals surface area contributed by atoms with Crippen molar-refractivity contribution in [1.29, 1.82) is 0 Å². The number of para-hydroxylation sites is 1. The zero-order chi connectivity index (χ0) is 17.6. The first-order chi connectivity index (χ1) is 12.2. The highest BCUT2D eigenvalue weighted by Gasteiger charge is 2.08. The molecule has 3 rings (SSSR count). The number of nitrogens with one attached hydrogen (secondary N) is 1. The van der Waals surface area contributed by atoms with E-state index in [9.17, 15) is 4.79 Å². The van der Waals surface area contributed by atoms with Crippen molar-refractivity contribution in [2.45, 2.75) is 19.8 Å². The highest BCUT2D eigenvalue weighted by molar-refractivity contribution is 7.07. The zero-order valence-corrected chi connectivity index (χ0v) is 15.2. The van der Waals surface area contributed by atoms with E-state index in [0.29, 0.717) is 6.42 Å². The summed E-state index contributed by atoms with van der Waals surface area (Å²) in [6.45, 7) is 2.14. The molecule has 0 unspecified atom stereocenters. The van der Waals surface area contributed by atoms with Crippen LogP contribution in [0.3, 0.4) is 0 Å². The normalized spacial score (nSPS) is 11.5. The number of anilines is 1. The Morgan fingerprint density at radius 2 is 1.84 bits per heavy atom. The summed E-state index contributed by atoms with van der Waals surface area (Å²) in [5.41, 5.74) is 3.98. The van der Waals surface area contributed by atoms with Crippen molar-refractivity contribution in [1.82, 2.24) is 4.57 Å². The fourth-order valence-electron chi connectivity index (χ4n) is 2.47. The first-order valence-corrected chi connectivity index (χ1v) is 9.15. The molecule has 1 amide bonds. The molecular formula is C20H21N3OS. The molecule has 0 atom stereocenters. The molecule has 0 radical (unpaired) electrons. The summed E-state index contributed by atoms with van der Waals surface area (Å²) in [6, 6.07) is 17.7. The lowest BCUT2D eigenvalue weighted by Gasteiger charge is -2.05. The lowest BCUT2D eigenvalue weighted by atomic mass is 10.2. The summed E-state index contributed by atoms with van der Waals surface area (Å²) in [5.74, 6) is -0.0292. The summed E-state index contributed by atoms with van der Waals surface area (Å²) in [4.78, 5) is 17.8. The second kappa shape index (κ2) is 7.94. The van der Waals surface area contributed by atoms with E-state index in [1.165, 1.54) is 5.56 Å². The largest absolute Gasteiger partial charge is 0.326 e. The predicted octanol–water partition coefficient (Wildman–Crippen LogP) is 4.06. The summed E-state index contributed by atoms with van der Waals surface area (Å²) >= 11 is 1.55. The number of benzene rings is 2. The second-order valence-corrected chi connectivity index (χ2v) is 6.63. The number of hydrogen-bond donors (Lipinski definition) is 1. The monoisotopic (exact) mass is 351 g/mol. The van der Waals surface area contributed by atoms with Crippen molar-refractivity contribution >= 4 is 28.6 Å². The number of thiazole rings is 1. The van der Waals surface area contributed by atoms with Gasteiger partial charge in [0.05, 0.1) is 12.1 Å². The Hall–Kier alpha value is -2.66. The van der Waals surface area contributed by atoms with Crippen LogP contribution in [0.15, 0.2) is 65.0 Å². The number of rotatable bonds is 5. The molecule has 128 valence electrons. The Bertz CT molecular complexity index is 908. The average Bonchev–Trinajstić information content (AvgIpc) is 2.96. The van der Waals surface area contributed by atoms with Gasteiger partial charge in [-0.2, -0.15) is 0 Å². The summed E-state index contributed by atoms with van der Waals surface area (Å²) in [6.07, 6.45) is 1.35. The minimum Gasteiger partial charge on any atom is -0.326 e. The Labute approximate surface area is 151 Å². The quantitative estimate of drug-likeness (QED) is 0.740. The van der Waals surface area contributed by atoms with Crippen LogP contribution in [-0.2, 0) is 24.7 Å². The van der Waals surface area contributed by atoms with Crippen LogP contribution >= 0.6 is 11.3 Å². The number of nitrogens with zero attached hydrogens (tertiary/aromatic N) is 2. The number of aryl methyl sites for hydroxylation is 1. The Morgan fingerprint density at radius 1 is 1.12 bits per heavy atom. The van der Waals surface area contributed by atoms with Crippen LogP contribution < -0.4 is 10.1 Å². The summed E-state index contributed by atoms with van der Waals surface area (Å²) < 4.78 is 1.98. The highest BCUT2D eigenvalue weighted by Crippen LogP contribution is 2.14. The number of carbonyl (C=O) groups is 1. The minimum absolute atomic E-state index is 0.0292. The van der Waals surface area contributed by atoms with Gasteiger partial charge >= 0.3 is 0 Å². The van der Waals surface area contributed by atoms with Gasteiger partial charge in [0.2, 0.25) is 5.91 Å². The lowest BCUT2D eigenvalue weighted by Crippen LogP contribution is -2.19. The maximum atomic E-state index is 12.2. The van der Waals surface area contributed by atoms with Gasteiger partial charge in [-0.1, -0.05) is 37.3 Å². The molecule has 0 fully saturated rings. The Balaban J connectivity index is 1.74. The van der Waals surface area contributed by atoms with Crippen LogP contribution in [0, 0.1) is 0 Å². The fraction of sp³-hybridized carbons (Fsp3) is 0.200. The minimum atomic E-state index is -0.0292. The summed E-state index contributed by atoms with van der Waals surface area (Å²) in [5, 5.41) is 4.90. The highest BCUT2D eigenvalue weighted by atomic mass is 32.1. The van der Waals surface area contributed by atoms with E-state index >= 15 is 0 Å². The molecule has 0 bridgehead atoms.